The van der Waals surface area contributed by atoms with Gasteiger partial charge in [0.2, 0.25) is 0 Å². The van der Waals surface area contributed by atoms with E-state index in [-0.39, 0.29) is 0 Å². The highest BCUT2D eigenvalue weighted by atomic mass is 15.3. The van der Waals surface area contributed by atoms with Gasteiger partial charge >= 0.3 is 0 Å². The maximum Gasteiger partial charge on any atom is 0.124 e. The fourth-order valence-electron chi connectivity index (χ4n) is 1.06. The second-order valence-corrected chi connectivity index (χ2v) is 3.64. The lowest BCUT2D eigenvalue weighted by Gasteiger charge is -2.17. The molecule has 0 aliphatic heterocycles. The van der Waals surface area contributed by atoms with Gasteiger partial charge in [-0.2, -0.15) is 5.10 Å². The van der Waals surface area contributed by atoms with E-state index in [9.17, 15) is 0 Å². The van der Waals surface area contributed by atoms with Crippen molar-refractivity contribution in [1.82, 2.24) is 9.78 Å². The van der Waals surface area contributed by atoms with Gasteiger partial charge in [-0.05, 0) is 19.8 Å². The normalized spacial score (nSPS) is 13.8. The molecule has 0 saturated heterocycles. The van der Waals surface area contributed by atoms with E-state index < -0.39 is 0 Å². The molecule has 2 N–H and O–H groups in total. The predicted octanol–water partition coefficient (Wildman–Crippen LogP) is 1.99. The molecule has 0 aliphatic rings. The molecule has 3 nitrogen and oxygen atoms in total. The van der Waals surface area contributed by atoms with Gasteiger partial charge in [-0.25, -0.2) is 4.68 Å². The van der Waals surface area contributed by atoms with Crippen molar-refractivity contribution in [2.24, 2.45) is 5.92 Å². The summed E-state index contributed by atoms with van der Waals surface area (Å²) >= 11 is 0. The highest BCUT2D eigenvalue weighted by molar-refractivity contribution is 5.37. The van der Waals surface area contributed by atoms with Crippen LogP contribution >= 0.6 is 0 Å². The van der Waals surface area contributed by atoms with E-state index >= 15 is 0 Å². The Hall–Kier alpha value is -0.990. The van der Waals surface area contributed by atoms with E-state index in [0.717, 1.165) is 11.4 Å². The van der Waals surface area contributed by atoms with Gasteiger partial charge in [0.1, 0.15) is 5.82 Å². The van der Waals surface area contributed by atoms with Gasteiger partial charge in [-0.15, -0.1) is 0 Å². The summed E-state index contributed by atoms with van der Waals surface area (Å²) in [7, 11) is 0. The first-order valence-electron chi connectivity index (χ1n) is 4.33. The molecule has 0 amide bonds. The lowest BCUT2D eigenvalue weighted by Crippen LogP contribution is -2.15. The number of nitrogens with two attached hydrogens (primary N) is 1. The Bertz CT molecular complexity index is 263. The van der Waals surface area contributed by atoms with Crippen molar-refractivity contribution in [3.05, 3.63) is 11.8 Å². The molecule has 0 bridgehead atoms. The predicted molar refractivity (Wildman–Crippen MR) is 50.9 cm³/mol. The van der Waals surface area contributed by atoms with Crippen LogP contribution in [0.5, 0.6) is 0 Å². The monoisotopic (exact) mass is 167 g/mol. The molecule has 3 heteroatoms. The summed E-state index contributed by atoms with van der Waals surface area (Å²) in [5.41, 5.74) is 6.90. The summed E-state index contributed by atoms with van der Waals surface area (Å²) in [4.78, 5) is 0. The van der Waals surface area contributed by atoms with Gasteiger partial charge in [0.15, 0.2) is 0 Å². The number of rotatable bonds is 2. The zero-order valence-corrected chi connectivity index (χ0v) is 8.20. The molecular weight excluding hydrogens is 150 g/mol. The number of nitrogens with zero attached hydrogens (tertiary/aromatic N) is 2. The van der Waals surface area contributed by atoms with Crippen LogP contribution in [0, 0.1) is 12.8 Å². The van der Waals surface area contributed by atoms with E-state index in [1.165, 1.54) is 0 Å². The zero-order chi connectivity index (χ0) is 9.30. The minimum atomic E-state index is 0.374. The van der Waals surface area contributed by atoms with Crippen LogP contribution in [0.15, 0.2) is 6.20 Å². The molecule has 68 valence electrons. The molecule has 1 rings (SSSR count). The average Bonchev–Trinajstić information content (AvgIpc) is 2.32. The first-order chi connectivity index (χ1) is 5.54. The van der Waals surface area contributed by atoms with Gasteiger partial charge in [0, 0.05) is 5.56 Å². The Labute approximate surface area is 73.6 Å². The van der Waals surface area contributed by atoms with E-state index in [4.69, 9.17) is 5.73 Å². The lowest BCUT2D eigenvalue weighted by molar-refractivity contribution is 0.380. The fraction of sp³-hybridized carbons (Fsp3) is 0.667. The molecule has 0 aromatic carbocycles. The second kappa shape index (κ2) is 3.17. The molecule has 0 saturated carbocycles. The number of nitrogen functional groups attached to an aromatic ring is 1. The molecular formula is C9H17N3. The maximum atomic E-state index is 5.84. The number of hydrogen-bond acceptors (Lipinski definition) is 2. The topological polar surface area (TPSA) is 43.8 Å². The van der Waals surface area contributed by atoms with Crippen LogP contribution in [0.1, 0.15) is 32.4 Å². The fourth-order valence-corrected chi connectivity index (χ4v) is 1.06. The minimum absolute atomic E-state index is 0.374. The Morgan fingerprint density at radius 3 is 2.33 bits per heavy atom. The van der Waals surface area contributed by atoms with Crippen LogP contribution in [0.4, 0.5) is 5.82 Å². The summed E-state index contributed by atoms with van der Waals surface area (Å²) in [5.74, 6) is 1.35. The number of hydrogen-bond donors (Lipinski definition) is 1. The summed E-state index contributed by atoms with van der Waals surface area (Å²) < 4.78 is 1.89. The standard InChI is InChI=1S/C9H17N3/c1-6(2)8(4)12-9(10)7(3)5-11-12/h5-6,8H,10H2,1-4H3. The summed E-state index contributed by atoms with van der Waals surface area (Å²) in [6.07, 6.45) is 1.81. The number of aromatic nitrogens is 2. The number of aryl methyl sites for hydroxylation is 1. The highest BCUT2D eigenvalue weighted by Crippen LogP contribution is 2.21. The van der Waals surface area contributed by atoms with Crippen molar-refractivity contribution in [3.63, 3.8) is 0 Å². The zero-order valence-electron chi connectivity index (χ0n) is 8.20. The first-order valence-corrected chi connectivity index (χ1v) is 4.33. The minimum Gasteiger partial charge on any atom is -0.384 e. The second-order valence-electron chi connectivity index (χ2n) is 3.64. The van der Waals surface area contributed by atoms with Crippen molar-refractivity contribution >= 4 is 5.82 Å². The molecule has 1 unspecified atom stereocenters. The van der Waals surface area contributed by atoms with Crippen LogP contribution < -0.4 is 5.73 Å². The largest absolute Gasteiger partial charge is 0.384 e. The Morgan fingerprint density at radius 1 is 1.42 bits per heavy atom. The van der Waals surface area contributed by atoms with Gasteiger partial charge in [-0.1, -0.05) is 13.8 Å². The third-order valence-electron chi connectivity index (χ3n) is 2.38. The number of anilines is 1. The van der Waals surface area contributed by atoms with E-state index in [0.29, 0.717) is 12.0 Å². The van der Waals surface area contributed by atoms with Crippen LogP contribution in [0.25, 0.3) is 0 Å². The molecule has 12 heavy (non-hydrogen) atoms. The molecule has 0 fully saturated rings. The molecule has 1 aromatic rings. The van der Waals surface area contributed by atoms with Gasteiger partial charge in [0.25, 0.3) is 0 Å². The van der Waals surface area contributed by atoms with E-state index in [1.807, 2.05) is 17.8 Å². The Morgan fingerprint density at radius 2 is 2.00 bits per heavy atom. The molecule has 1 heterocycles. The summed E-state index contributed by atoms with van der Waals surface area (Å²) in [6.45, 7) is 8.45. The molecule has 1 atom stereocenters. The maximum absolute atomic E-state index is 5.84. The SMILES string of the molecule is Cc1cnn(C(C)C(C)C)c1N. The Kier molecular flexibility index (Phi) is 2.40. The third kappa shape index (κ3) is 1.44. The third-order valence-corrected chi connectivity index (χ3v) is 2.38. The van der Waals surface area contributed by atoms with Gasteiger partial charge in [0.05, 0.1) is 12.2 Å². The Balaban J connectivity index is 2.95. The average molecular weight is 167 g/mol. The van der Waals surface area contributed by atoms with Crippen LogP contribution in [0.3, 0.4) is 0 Å². The molecule has 0 radical (unpaired) electrons. The van der Waals surface area contributed by atoms with E-state index in [1.54, 1.807) is 0 Å². The lowest BCUT2D eigenvalue weighted by atomic mass is 10.1. The van der Waals surface area contributed by atoms with Crippen molar-refractivity contribution in [2.45, 2.75) is 33.7 Å². The van der Waals surface area contributed by atoms with Crippen LogP contribution in [0.2, 0.25) is 0 Å². The van der Waals surface area contributed by atoms with Gasteiger partial charge < -0.3 is 5.73 Å². The van der Waals surface area contributed by atoms with Crippen molar-refractivity contribution in [3.8, 4) is 0 Å². The van der Waals surface area contributed by atoms with E-state index in [2.05, 4.69) is 25.9 Å². The molecule has 0 aliphatic carbocycles. The smallest absolute Gasteiger partial charge is 0.124 e. The van der Waals surface area contributed by atoms with Crippen molar-refractivity contribution in [1.29, 1.82) is 0 Å². The van der Waals surface area contributed by atoms with Crippen molar-refractivity contribution < 1.29 is 0 Å². The highest BCUT2D eigenvalue weighted by Gasteiger charge is 2.13. The van der Waals surface area contributed by atoms with Crippen LogP contribution in [-0.2, 0) is 0 Å². The molecule has 0 spiro atoms. The first kappa shape index (κ1) is 9.10. The summed E-state index contributed by atoms with van der Waals surface area (Å²) in [6, 6.07) is 0.374. The van der Waals surface area contributed by atoms with Crippen LogP contribution in [-0.4, -0.2) is 9.78 Å². The quantitative estimate of drug-likeness (QED) is 0.732. The molecule has 1 aromatic heterocycles. The van der Waals surface area contributed by atoms with Crippen molar-refractivity contribution in [2.75, 3.05) is 5.73 Å². The van der Waals surface area contributed by atoms with Gasteiger partial charge in [-0.3, -0.25) is 0 Å². The summed E-state index contributed by atoms with van der Waals surface area (Å²) in [5, 5.41) is 4.23.